The molecule has 7 heteroatoms. The first-order chi connectivity index (χ1) is 10.1. The van der Waals surface area contributed by atoms with Crippen molar-refractivity contribution < 1.29 is 19.4 Å². The molecule has 0 heterocycles. The zero-order chi connectivity index (χ0) is 15.8. The third-order valence-corrected chi connectivity index (χ3v) is 3.16. The molecule has 0 spiro atoms. The Morgan fingerprint density at radius 1 is 1.29 bits per heavy atom. The zero-order valence-corrected chi connectivity index (χ0v) is 13.2. The van der Waals surface area contributed by atoms with E-state index in [4.69, 9.17) is 26.2 Å². The van der Waals surface area contributed by atoms with Gasteiger partial charge in [-0.05, 0) is 6.42 Å². The van der Waals surface area contributed by atoms with Crippen LogP contribution in [0.3, 0.4) is 0 Å². The minimum absolute atomic E-state index is 0.0888. The number of aliphatic hydroxyl groups is 1. The highest BCUT2D eigenvalue weighted by molar-refractivity contribution is 6.32. The van der Waals surface area contributed by atoms with Crippen LogP contribution in [0.15, 0.2) is 12.1 Å². The highest BCUT2D eigenvalue weighted by Gasteiger charge is 2.16. The molecule has 0 saturated heterocycles. The minimum Gasteiger partial charge on any atom is -0.495 e. The van der Waals surface area contributed by atoms with Crippen LogP contribution in [0.1, 0.15) is 13.3 Å². The Hall–Kier alpha value is -1.66. The Bertz CT molecular complexity index is 476. The molecule has 0 fully saturated rings. The normalized spacial score (nSPS) is 10.1. The van der Waals surface area contributed by atoms with Crippen molar-refractivity contribution >= 4 is 23.3 Å². The van der Waals surface area contributed by atoms with Crippen LogP contribution in [0.4, 0.5) is 10.5 Å². The van der Waals surface area contributed by atoms with E-state index < -0.39 is 0 Å². The lowest BCUT2D eigenvalue weighted by molar-refractivity contribution is 0.188. The number of carbonyl (C=O) groups is 1. The maximum Gasteiger partial charge on any atom is 0.322 e. The van der Waals surface area contributed by atoms with Crippen LogP contribution in [-0.4, -0.2) is 50.0 Å². The molecule has 0 aliphatic heterocycles. The van der Waals surface area contributed by atoms with E-state index in [0.29, 0.717) is 28.8 Å². The first-order valence-electron chi connectivity index (χ1n) is 6.65. The molecule has 0 unspecified atom stereocenters. The highest BCUT2D eigenvalue weighted by atomic mass is 35.5. The third kappa shape index (κ3) is 4.68. The number of rotatable bonds is 7. The summed E-state index contributed by atoms with van der Waals surface area (Å²) in [6.07, 6.45) is 0.800. The van der Waals surface area contributed by atoms with Gasteiger partial charge in [0, 0.05) is 25.2 Å². The molecule has 0 aromatic heterocycles. The second-order valence-electron chi connectivity index (χ2n) is 4.33. The van der Waals surface area contributed by atoms with Crippen molar-refractivity contribution in [3.05, 3.63) is 17.2 Å². The van der Waals surface area contributed by atoms with Gasteiger partial charge in [0.15, 0.2) is 0 Å². The minimum atomic E-state index is -0.312. The van der Waals surface area contributed by atoms with Crippen molar-refractivity contribution in [2.75, 3.05) is 39.2 Å². The number of hydrogen-bond donors (Lipinski definition) is 2. The van der Waals surface area contributed by atoms with E-state index >= 15 is 0 Å². The van der Waals surface area contributed by atoms with Gasteiger partial charge in [0.25, 0.3) is 0 Å². The summed E-state index contributed by atoms with van der Waals surface area (Å²) in [4.78, 5) is 13.7. The Morgan fingerprint density at radius 2 is 1.95 bits per heavy atom. The van der Waals surface area contributed by atoms with Gasteiger partial charge in [-0.3, -0.25) is 0 Å². The van der Waals surface area contributed by atoms with E-state index in [0.717, 1.165) is 6.42 Å². The fraction of sp³-hybridized carbons (Fsp3) is 0.500. The maximum absolute atomic E-state index is 12.2. The summed E-state index contributed by atoms with van der Waals surface area (Å²) in [6.45, 7) is 2.70. The molecule has 0 aliphatic rings. The molecule has 21 heavy (non-hydrogen) atoms. The van der Waals surface area contributed by atoms with Crippen molar-refractivity contribution in [3.63, 3.8) is 0 Å². The van der Waals surface area contributed by atoms with Crippen molar-refractivity contribution in [2.45, 2.75) is 13.3 Å². The van der Waals surface area contributed by atoms with Gasteiger partial charge in [-0.15, -0.1) is 0 Å². The average Bonchev–Trinajstić information content (AvgIpc) is 2.48. The molecule has 0 atom stereocenters. The summed E-state index contributed by atoms with van der Waals surface area (Å²) in [5, 5.41) is 12.2. The molecule has 2 amide bonds. The van der Waals surface area contributed by atoms with Gasteiger partial charge in [0.05, 0.1) is 31.5 Å². The molecule has 0 aliphatic carbocycles. The first kappa shape index (κ1) is 17.4. The number of amides is 2. The van der Waals surface area contributed by atoms with Gasteiger partial charge >= 0.3 is 6.03 Å². The van der Waals surface area contributed by atoms with E-state index in [9.17, 15) is 4.79 Å². The summed E-state index contributed by atoms with van der Waals surface area (Å²) in [5.41, 5.74) is 0.461. The van der Waals surface area contributed by atoms with E-state index in [2.05, 4.69) is 5.32 Å². The molecule has 6 nitrogen and oxygen atoms in total. The molecule has 1 aromatic rings. The summed E-state index contributed by atoms with van der Waals surface area (Å²) in [6, 6.07) is 2.86. The Morgan fingerprint density at radius 3 is 2.48 bits per heavy atom. The lowest BCUT2D eigenvalue weighted by Gasteiger charge is -2.22. The van der Waals surface area contributed by atoms with Crippen LogP contribution in [0.2, 0.25) is 5.02 Å². The van der Waals surface area contributed by atoms with E-state index in [1.807, 2.05) is 6.92 Å². The fourth-order valence-corrected chi connectivity index (χ4v) is 2.09. The fourth-order valence-electron chi connectivity index (χ4n) is 1.86. The number of anilines is 1. The topological polar surface area (TPSA) is 71.0 Å². The number of carbonyl (C=O) groups excluding carboxylic acids is 1. The van der Waals surface area contributed by atoms with Gasteiger partial charge in [-0.1, -0.05) is 18.5 Å². The number of ether oxygens (including phenoxy) is 2. The zero-order valence-electron chi connectivity index (χ0n) is 12.5. The molecule has 0 saturated carbocycles. The van der Waals surface area contributed by atoms with Crippen molar-refractivity contribution in [2.24, 2.45) is 0 Å². The van der Waals surface area contributed by atoms with Crippen LogP contribution in [0, 0.1) is 0 Å². The van der Waals surface area contributed by atoms with Crippen molar-refractivity contribution in [1.82, 2.24) is 4.90 Å². The Labute approximate surface area is 129 Å². The molecule has 1 aromatic carbocycles. The number of benzene rings is 1. The number of nitrogens with one attached hydrogen (secondary N) is 1. The molecule has 1 rings (SSSR count). The predicted octanol–water partition coefficient (Wildman–Crippen LogP) is 2.59. The monoisotopic (exact) mass is 316 g/mol. The number of halogens is 1. The number of urea groups is 1. The predicted molar refractivity (Wildman–Crippen MR) is 82.5 cm³/mol. The number of nitrogens with zero attached hydrogens (tertiary/aromatic N) is 1. The molecule has 0 radical (unpaired) electrons. The van der Waals surface area contributed by atoms with Crippen LogP contribution >= 0.6 is 11.6 Å². The molecule has 0 bridgehead atoms. The van der Waals surface area contributed by atoms with E-state index in [-0.39, 0.29) is 19.2 Å². The summed E-state index contributed by atoms with van der Waals surface area (Å²) < 4.78 is 10.3. The highest BCUT2D eigenvalue weighted by Crippen LogP contribution is 2.35. The van der Waals surface area contributed by atoms with Gasteiger partial charge in [-0.25, -0.2) is 4.79 Å². The summed E-state index contributed by atoms with van der Waals surface area (Å²) in [7, 11) is 2.99. The first-order valence-corrected chi connectivity index (χ1v) is 7.03. The third-order valence-electron chi connectivity index (χ3n) is 2.87. The van der Waals surface area contributed by atoms with Gasteiger partial charge in [-0.2, -0.15) is 0 Å². The van der Waals surface area contributed by atoms with Crippen LogP contribution < -0.4 is 14.8 Å². The maximum atomic E-state index is 12.2. The lowest BCUT2D eigenvalue weighted by Crippen LogP contribution is -2.37. The van der Waals surface area contributed by atoms with Gasteiger partial charge in [0.1, 0.15) is 11.5 Å². The molecular formula is C14H21ClN2O4. The second kappa shape index (κ2) is 8.59. The molecule has 2 N–H and O–H groups in total. The Balaban J connectivity index is 2.96. The molecule has 118 valence electrons. The number of aliphatic hydroxyl groups excluding tert-OH is 1. The Kier molecular flexibility index (Phi) is 7.11. The van der Waals surface area contributed by atoms with E-state index in [1.54, 1.807) is 12.1 Å². The number of methoxy groups -OCH3 is 2. The van der Waals surface area contributed by atoms with E-state index in [1.165, 1.54) is 19.1 Å². The quantitative estimate of drug-likeness (QED) is 0.811. The molecular weight excluding hydrogens is 296 g/mol. The van der Waals surface area contributed by atoms with Crippen molar-refractivity contribution in [3.8, 4) is 11.5 Å². The van der Waals surface area contributed by atoms with Gasteiger partial charge in [0.2, 0.25) is 0 Å². The standard InChI is InChI=1S/C14H21ClN2O4/c1-4-5-17(6-7-18)14(19)16-11-9-12(20-2)10(15)8-13(11)21-3/h8-9,18H,4-7H2,1-3H3,(H,16,19). The SMILES string of the molecule is CCCN(CCO)C(=O)Nc1cc(OC)c(Cl)cc1OC. The largest absolute Gasteiger partial charge is 0.495 e. The summed E-state index contributed by atoms with van der Waals surface area (Å²) in [5.74, 6) is 0.881. The van der Waals surface area contributed by atoms with Crippen LogP contribution in [0.25, 0.3) is 0 Å². The second-order valence-corrected chi connectivity index (χ2v) is 4.74. The lowest BCUT2D eigenvalue weighted by atomic mass is 10.2. The van der Waals surface area contributed by atoms with Crippen LogP contribution in [-0.2, 0) is 0 Å². The van der Waals surface area contributed by atoms with Crippen molar-refractivity contribution in [1.29, 1.82) is 0 Å². The average molecular weight is 317 g/mol. The van der Waals surface area contributed by atoms with Crippen LogP contribution in [0.5, 0.6) is 11.5 Å². The number of hydrogen-bond acceptors (Lipinski definition) is 4. The van der Waals surface area contributed by atoms with Gasteiger partial charge < -0.3 is 24.8 Å². The summed E-state index contributed by atoms with van der Waals surface area (Å²) >= 11 is 6.02. The smallest absolute Gasteiger partial charge is 0.322 e.